The third-order valence-electron chi connectivity index (χ3n) is 4.71. The lowest BCUT2D eigenvalue weighted by Gasteiger charge is -2.12. The van der Waals surface area contributed by atoms with E-state index in [1.54, 1.807) is 25.3 Å². The molecular formula is C24H26N2O6S. The predicted octanol–water partition coefficient (Wildman–Crippen LogP) is 3.91. The van der Waals surface area contributed by atoms with Crippen LogP contribution in [0, 0.1) is 6.92 Å². The van der Waals surface area contributed by atoms with Crippen molar-refractivity contribution in [1.29, 1.82) is 0 Å². The van der Waals surface area contributed by atoms with Crippen molar-refractivity contribution in [3.63, 3.8) is 0 Å². The Hall–Kier alpha value is -3.72. The molecule has 0 saturated carbocycles. The van der Waals surface area contributed by atoms with Crippen molar-refractivity contribution in [3.8, 4) is 23.0 Å². The Morgan fingerprint density at radius 2 is 1.67 bits per heavy atom. The van der Waals surface area contributed by atoms with E-state index in [0.717, 1.165) is 11.1 Å². The standard InChI is InChI=1S/C24H26N2O6S/c1-17-6-5-7-19(12-17)16-32-22-13-18(8-10-21(22)30-3)15-25-26-33(27,28)24-11-9-20(29-2)14-23(24)31-4/h5-15,26H,16H2,1-4H3. The molecule has 0 aliphatic carbocycles. The lowest BCUT2D eigenvalue weighted by molar-refractivity contribution is 0.284. The number of hydrogen-bond acceptors (Lipinski definition) is 7. The van der Waals surface area contributed by atoms with Crippen molar-refractivity contribution in [2.45, 2.75) is 18.4 Å². The van der Waals surface area contributed by atoms with Crippen LogP contribution in [0.4, 0.5) is 0 Å². The molecule has 8 nitrogen and oxygen atoms in total. The largest absolute Gasteiger partial charge is 0.497 e. The molecule has 0 saturated heterocycles. The van der Waals surface area contributed by atoms with Gasteiger partial charge in [0.05, 0.1) is 27.5 Å². The summed E-state index contributed by atoms with van der Waals surface area (Å²) in [6.45, 7) is 2.38. The highest BCUT2D eigenvalue weighted by Crippen LogP contribution is 2.29. The minimum atomic E-state index is -3.96. The third-order valence-corrected chi connectivity index (χ3v) is 5.97. The Bertz CT molecular complexity index is 1240. The lowest BCUT2D eigenvalue weighted by atomic mass is 10.1. The molecule has 0 fully saturated rings. The fourth-order valence-electron chi connectivity index (χ4n) is 3.07. The van der Waals surface area contributed by atoms with Crippen molar-refractivity contribution >= 4 is 16.2 Å². The van der Waals surface area contributed by atoms with Gasteiger partial charge in [0.25, 0.3) is 10.0 Å². The van der Waals surface area contributed by atoms with Crippen molar-refractivity contribution < 1.29 is 27.4 Å². The SMILES string of the molecule is COc1ccc(S(=O)(=O)NN=Cc2ccc(OC)c(OCc3cccc(C)c3)c2)c(OC)c1. The predicted molar refractivity (Wildman–Crippen MR) is 126 cm³/mol. The van der Waals surface area contributed by atoms with Crippen LogP contribution in [-0.2, 0) is 16.6 Å². The van der Waals surface area contributed by atoms with Gasteiger partial charge in [0.2, 0.25) is 0 Å². The van der Waals surface area contributed by atoms with E-state index in [-0.39, 0.29) is 10.6 Å². The Balaban J connectivity index is 1.75. The average molecular weight is 471 g/mol. The summed E-state index contributed by atoms with van der Waals surface area (Å²) in [5.41, 5.74) is 2.79. The number of rotatable bonds is 10. The number of benzene rings is 3. The van der Waals surface area contributed by atoms with E-state index < -0.39 is 10.0 Å². The monoisotopic (exact) mass is 470 g/mol. The second-order valence-corrected chi connectivity index (χ2v) is 8.69. The second kappa shape index (κ2) is 10.7. The highest BCUT2D eigenvalue weighted by Gasteiger charge is 2.19. The minimum absolute atomic E-state index is 0.0557. The fraction of sp³-hybridized carbons (Fsp3) is 0.208. The van der Waals surface area contributed by atoms with Crippen LogP contribution in [0.5, 0.6) is 23.0 Å². The zero-order chi connectivity index (χ0) is 23.8. The molecule has 0 spiro atoms. The van der Waals surface area contributed by atoms with Crippen LogP contribution >= 0.6 is 0 Å². The highest BCUT2D eigenvalue weighted by atomic mass is 32.2. The minimum Gasteiger partial charge on any atom is -0.497 e. The van der Waals surface area contributed by atoms with E-state index in [0.29, 0.717) is 29.4 Å². The average Bonchev–Trinajstić information content (AvgIpc) is 2.82. The number of sulfonamides is 1. The van der Waals surface area contributed by atoms with Crippen molar-refractivity contribution in [3.05, 3.63) is 77.4 Å². The normalized spacial score (nSPS) is 11.3. The summed E-state index contributed by atoms with van der Waals surface area (Å²) in [7, 11) is 0.466. The first-order valence-corrected chi connectivity index (χ1v) is 11.5. The molecule has 3 aromatic rings. The van der Waals surface area contributed by atoms with Gasteiger partial charge < -0.3 is 18.9 Å². The summed E-state index contributed by atoms with van der Waals surface area (Å²) in [6, 6.07) is 17.6. The van der Waals surface area contributed by atoms with Gasteiger partial charge in [0, 0.05) is 6.07 Å². The van der Waals surface area contributed by atoms with Gasteiger partial charge in [-0.1, -0.05) is 29.8 Å². The van der Waals surface area contributed by atoms with Gasteiger partial charge in [-0.05, 0) is 48.4 Å². The summed E-state index contributed by atoms with van der Waals surface area (Å²) in [6.07, 6.45) is 1.38. The van der Waals surface area contributed by atoms with Gasteiger partial charge in [0.1, 0.15) is 23.0 Å². The molecule has 3 aromatic carbocycles. The van der Waals surface area contributed by atoms with Crippen LogP contribution in [0.15, 0.2) is 70.7 Å². The molecule has 0 bridgehead atoms. The number of ether oxygens (including phenoxy) is 4. The zero-order valence-electron chi connectivity index (χ0n) is 18.9. The van der Waals surface area contributed by atoms with E-state index in [4.69, 9.17) is 18.9 Å². The van der Waals surface area contributed by atoms with Gasteiger partial charge in [-0.2, -0.15) is 18.4 Å². The third kappa shape index (κ3) is 6.17. The molecule has 9 heteroatoms. The smallest absolute Gasteiger partial charge is 0.280 e. The van der Waals surface area contributed by atoms with Crippen molar-refractivity contribution in [2.24, 2.45) is 5.10 Å². The summed E-state index contributed by atoms with van der Waals surface area (Å²) < 4.78 is 46.9. The van der Waals surface area contributed by atoms with E-state index in [2.05, 4.69) is 9.93 Å². The molecule has 0 heterocycles. The molecule has 33 heavy (non-hydrogen) atoms. The van der Waals surface area contributed by atoms with Gasteiger partial charge in [-0.25, -0.2) is 0 Å². The van der Waals surface area contributed by atoms with Gasteiger partial charge in [0.15, 0.2) is 11.5 Å². The Kier molecular flexibility index (Phi) is 7.78. The summed E-state index contributed by atoms with van der Waals surface area (Å²) >= 11 is 0. The molecule has 0 atom stereocenters. The van der Waals surface area contributed by atoms with Crippen LogP contribution in [0.1, 0.15) is 16.7 Å². The van der Waals surface area contributed by atoms with Crippen LogP contribution in [0.25, 0.3) is 0 Å². The fourth-order valence-corrected chi connectivity index (χ4v) is 4.01. The molecule has 1 N–H and O–H groups in total. The van der Waals surface area contributed by atoms with E-state index in [9.17, 15) is 8.42 Å². The number of hydrogen-bond donors (Lipinski definition) is 1. The molecule has 0 radical (unpaired) electrons. The van der Waals surface area contributed by atoms with Gasteiger partial charge in [-0.3, -0.25) is 0 Å². The van der Waals surface area contributed by atoms with E-state index in [1.165, 1.54) is 38.6 Å². The lowest BCUT2D eigenvalue weighted by Crippen LogP contribution is -2.19. The number of nitrogens with one attached hydrogen (secondary N) is 1. The molecule has 3 rings (SSSR count). The zero-order valence-corrected chi connectivity index (χ0v) is 19.7. The highest BCUT2D eigenvalue weighted by molar-refractivity contribution is 7.89. The molecular weight excluding hydrogens is 444 g/mol. The van der Waals surface area contributed by atoms with Gasteiger partial charge >= 0.3 is 0 Å². The van der Waals surface area contributed by atoms with E-state index in [1.807, 2.05) is 31.2 Å². The first-order chi connectivity index (χ1) is 15.9. The van der Waals surface area contributed by atoms with Crippen molar-refractivity contribution in [2.75, 3.05) is 21.3 Å². The number of methoxy groups -OCH3 is 3. The quantitative estimate of drug-likeness (QED) is 0.357. The summed E-state index contributed by atoms with van der Waals surface area (Å²) in [5.74, 6) is 1.70. The maximum absolute atomic E-state index is 12.7. The van der Waals surface area contributed by atoms with Gasteiger partial charge in [-0.15, -0.1) is 0 Å². The first kappa shape index (κ1) is 23.9. The topological polar surface area (TPSA) is 95.5 Å². The first-order valence-electron chi connectivity index (χ1n) is 9.99. The molecule has 0 aliphatic heterocycles. The molecule has 0 aliphatic rings. The number of hydrazone groups is 1. The summed E-state index contributed by atoms with van der Waals surface area (Å²) in [5, 5.41) is 3.89. The molecule has 0 amide bonds. The van der Waals surface area contributed by atoms with E-state index >= 15 is 0 Å². The Morgan fingerprint density at radius 3 is 2.36 bits per heavy atom. The van der Waals surface area contributed by atoms with Crippen LogP contribution in [0.2, 0.25) is 0 Å². The maximum Gasteiger partial charge on any atom is 0.280 e. The van der Waals surface area contributed by atoms with Crippen LogP contribution in [-0.4, -0.2) is 36.0 Å². The summed E-state index contributed by atoms with van der Waals surface area (Å²) in [4.78, 5) is 2.14. The molecule has 174 valence electrons. The Labute approximate surface area is 193 Å². The van der Waals surface area contributed by atoms with Crippen LogP contribution < -0.4 is 23.8 Å². The second-order valence-electron chi connectivity index (χ2n) is 7.06. The Morgan fingerprint density at radius 1 is 0.879 bits per heavy atom. The maximum atomic E-state index is 12.7. The van der Waals surface area contributed by atoms with Crippen molar-refractivity contribution in [1.82, 2.24) is 4.83 Å². The van der Waals surface area contributed by atoms with Crippen LogP contribution in [0.3, 0.4) is 0 Å². The molecule has 0 aromatic heterocycles. The molecule has 0 unspecified atom stereocenters. The number of nitrogens with zero attached hydrogens (tertiary/aromatic N) is 1. The number of aryl methyl sites for hydroxylation is 1.